The minimum Gasteiger partial charge on any atom is -0.312 e. The summed E-state index contributed by atoms with van der Waals surface area (Å²) in [6.45, 7) is 4.18. The zero-order valence-corrected chi connectivity index (χ0v) is 12.4. The third-order valence-corrected chi connectivity index (χ3v) is 4.61. The zero-order chi connectivity index (χ0) is 12.4. The maximum Gasteiger partial charge on any atom is 0.143 e. The van der Waals surface area contributed by atoms with E-state index in [0.717, 1.165) is 20.9 Å². The molecule has 0 aliphatic heterocycles. The molecule has 3 nitrogen and oxygen atoms in total. The van der Waals surface area contributed by atoms with E-state index in [-0.39, 0.29) is 0 Å². The fraction of sp³-hybridized carbons (Fsp3) is 0.333. The average molecular weight is 312 g/mol. The minimum atomic E-state index is 0.323. The van der Waals surface area contributed by atoms with E-state index in [4.69, 9.17) is 0 Å². The predicted octanol–water partition coefficient (Wildman–Crippen LogP) is 3.56. The van der Waals surface area contributed by atoms with Crippen molar-refractivity contribution in [2.75, 3.05) is 7.05 Å². The molecule has 5 heteroatoms. The van der Waals surface area contributed by atoms with Crippen molar-refractivity contribution in [3.05, 3.63) is 33.4 Å². The van der Waals surface area contributed by atoms with E-state index in [1.807, 2.05) is 26.1 Å². The number of halogens is 1. The van der Waals surface area contributed by atoms with Crippen molar-refractivity contribution in [2.24, 2.45) is 0 Å². The van der Waals surface area contributed by atoms with Gasteiger partial charge in [-0.25, -0.2) is 4.98 Å². The minimum absolute atomic E-state index is 0.323. The maximum atomic E-state index is 4.60. The van der Waals surface area contributed by atoms with Crippen molar-refractivity contribution < 1.29 is 0 Å². The maximum absolute atomic E-state index is 4.60. The van der Waals surface area contributed by atoms with Crippen LogP contribution >= 0.6 is 27.3 Å². The van der Waals surface area contributed by atoms with Crippen LogP contribution in [0.2, 0.25) is 0 Å². The molecule has 0 spiro atoms. The topological polar surface area (TPSA) is 37.8 Å². The van der Waals surface area contributed by atoms with Crippen molar-refractivity contribution >= 4 is 27.3 Å². The third kappa shape index (κ3) is 2.56. The first-order valence-corrected chi connectivity index (χ1v) is 7.00. The Kier molecular flexibility index (Phi) is 3.91. The lowest BCUT2D eigenvalue weighted by atomic mass is 10.2. The number of aryl methyl sites for hydroxylation is 1. The molecule has 2 heterocycles. The summed E-state index contributed by atoms with van der Waals surface area (Å²) in [7, 11) is 1.96. The van der Waals surface area contributed by atoms with Crippen LogP contribution in [0.1, 0.15) is 23.5 Å². The summed E-state index contributed by atoms with van der Waals surface area (Å²) in [6, 6.07) is 4.22. The Labute approximate surface area is 113 Å². The number of hydrogen-bond donors (Lipinski definition) is 1. The van der Waals surface area contributed by atoms with Gasteiger partial charge in [-0.1, -0.05) is 0 Å². The Bertz CT molecular complexity index is 524. The van der Waals surface area contributed by atoms with Crippen LogP contribution in [0.3, 0.4) is 0 Å². The van der Waals surface area contributed by atoms with E-state index in [2.05, 4.69) is 38.1 Å². The molecule has 0 aromatic carbocycles. The van der Waals surface area contributed by atoms with E-state index in [0.29, 0.717) is 6.04 Å². The Morgan fingerprint density at radius 2 is 2.24 bits per heavy atom. The molecule has 0 radical (unpaired) electrons. The monoisotopic (exact) mass is 311 g/mol. The van der Waals surface area contributed by atoms with Crippen molar-refractivity contribution in [1.82, 2.24) is 15.3 Å². The second-order valence-electron chi connectivity index (χ2n) is 3.81. The fourth-order valence-electron chi connectivity index (χ4n) is 1.59. The summed E-state index contributed by atoms with van der Waals surface area (Å²) in [6.07, 6.45) is 1.79. The molecule has 0 aliphatic rings. The van der Waals surface area contributed by atoms with Gasteiger partial charge in [0.25, 0.3) is 0 Å². The molecule has 0 aliphatic carbocycles. The highest BCUT2D eigenvalue weighted by molar-refractivity contribution is 9.10. The van der Waals surface area contributed by atoms with Crippen molar-refractivity contribution in [2.45, 2.75) is 19.9 Å². The van der Waals surface area contributed by atoms with Crippen LogP contribution in [0.4, 0.5) is 0 Å². The quantitative estimate of drug-likeness (QED) is 0.942. The van der Waals surface area contributed by atoms with Gasteiger partial charge < -0.3 is 5.32 Å². The molecule has 0 saturated heterocycles. The van der Waals surface area contributed by atoms with E-state index in [1.54, 1.807) is 17.5 Å². The summed E-state index contributed by atoms with van der Waals surface area (Å²) < 4.78 is 0.984. The van der Waals surface area contributed by atoms with Gasteiger partial charge >= 0.3 is 0 Å². The number of nitrogens with zero attached hydrogens (tertiary/aromatic N) is 2. The van der Waals surface area contributed by atoms with E-state index in [1.165, 1.54) is 4.88 Å². The number of rotatable bonds is 3. The molecule has 2 rings (SSSR count). The van der Waals surface area contributed by atoms with Crippen LogP contribution in [0.15, 0.2) is 22.8 Å². The number of pyridine rings is 1. The second-order valence-corrected chi connectivity index (χ2v) is 5.70. The molecule has 0 saturated carbocycles. The molecule has 2 aromatic rings. The van der Waals surface area contributed by atoms with E-state index in [9.17, 15) is 0 Å². The highest BCUT2D eigenvalue weighted by Crippen LogP contribution is 2.33. The molecular weight excluding hydrogens is 298 g/mol. The van der Waals surface area contributed by atoms with Crippen LogP contribution in [-0.2, 0) is 0 Å². The van der Waals surface area contributed by atoms with Gasteiger partial charge in [-0.3, -0.25) is 4.98 Å². The van der Waals surface area contributed by atoms with Crippen LogP contribution < -0.4 is 5.32 Å². The molecule has 0 bridgehead atoms. The summed E-state index contributed by atoms with van der Waals surface area (Å²) in [5.74, 6) is 0. The first kappa shape index (κ1) is 12.7. The van der Waals surface area contributed by atoms with E-state index < -0.39 is 0 Å². The van der Waals surface area contributed by atoms with Crippen molar-refractivity contribution in [3.8, 4) is 10.7 Å². The Hall–Kier alpha value is -0.780. The molecule has 1 N–H and O–H groups in total. The van der Waals surface area contributed by atoms with Crippen LogP contribution in [0.5, 0.6) is 0 Å². The summed E-state index contributed by atoms with van der Waals surface area (Å²) in [5, 5.41) is 4.20. The number of thiazole rings is 1. The molecule has 2 aromatic heterocycles. The molecule has 90 valence electrons. The summed E-state index contributed by atoms with van der Waals surface area (Å²) in [4.78, 5) is 10.2. The molecular formula is C12H14BrN3S. The molecule has 17 heavy (non-hydrogen) atoms. The zero-order valence-electron chi connectivity index (χ0n) is 9.99. The smallest absolute Gasteiger partial charge is 0.143 e. The standard InChI is InChI=1S/C12H14BrN3S/c1-7(14-3)11-8(2)16-12(17-11)10-9(13)5-4-6-15-10/h4-7,14H,1-3H3. The Morgan fingerprint density at radius 3 is 2.88 bits per heavy atom. The van der Waals surface area contributed by atoms with Gasteiger partial charge in [0.15, 0.2) is 0 Å². The lowest BCUT2D eigenvalue weighted by Crippen LogP contribution is -2.11. The summed E-state index contributed by atoms with van der Waals surface area (Å²) >= 11 is 5.20. The average Bonchev–Trinajstić information content (AvgIpc) is 2.71. The van der Waals surface area contributed by atoms with Gasteiger partial charge in [-0.2, -0.15) is 0 Å². The highest BCUT2D eigenvalue weighted by Gasteiger charge is 2.15. The summed E-state index contributed by atoms with van der Waals surface area (Å²) in [5.41, 5.74) is 1.99. The van der Waals surface area contributed by atoms with Gasteiger partial charge in [0.05, 0.1) is 5.69 Å². The van der Waals surface area contributed by atoms with Gasteiger partial charge in [-0.15, -0.1) is 11.3 Å². The number of nitrogens with one attached hydrogen (secondary N) is 1. The van der Waals surface area contributed by atoms with Crippen LogP contribution in [0.25, 0.3) is 10.7 Å². The lowest BCUT2D eigenvalue weighted by molar-refractivity contribution is 0.658. The predicted molar refractivity (Wildman–Crippen MR) is 75.3 cm³/mol. The lowest BCUT2D eigenvalue weighted by Gasteiger charge is -2.06. The molecule has 1 unspecified atom stereocenters. The second kappa shape index (κ2) is 5.25. The molecule has 0 fully saturated rings. The normalized spacial score (nSPS) is 12.7. The van der Waals surface area contributed by atoms with Gasteiger partial charge in [0.2, 0.25) is 0 Å². The van der Waals surface area contributed by atoms with Crippen molar-refractivity contribution in [3.63, 3.8) is 0 Å². The van der Waals surface area contributed by atoms with Crippen molar-refractivity contribution in [1.29, 1.82) is 0 Å². The number of aromatic nitrogens is 2. The Balaban J connectivity index is 2.45. The van der Waals surface area contributed by atoms with Gasteiger partial charge in [0, 0.05) is 21.6 Å². The molecule has 0 amide bonds. The fourth-order valence-corrected chi connectivity index (χ4v) is 3.30. The largest absolute Gasteiger partial charge is 0.312 e. The third-order valence-electron chi connectivity index (χ3n) is 2.62. The SMILES string of the molecule is CNC(C)c1sc(-c2ncccc2Br)nc1C. The van der Waals surface area contributed by atoms with Crippen LogP contribution in [0, 0.1) is 6.92 Å². The Morgan fingerprint density at radius 1 is 1.47 bits per heavy atom. The van der Waals surface area contributed by atoms with E-state index >= 15 is 0 Å². The highest BCUT2D eigenvalue weighted by atomic mass is 79.9. The molecule has 1 atom stereocenters. The first-order valence-electron chi connectivity index (χ1n) is 5.39. The number of hydrogen-bond acceptors (Lipinski definition) is 4. The first-order chi connectivity index (χ1) is 8.13. The van der Waals surface area contributed by atoms with Crippen LogP contribution in [-0.4, -0.2) is 17.0 Å². The van der Waals surface area contributed by atoms with Gasteiger partial charge in [0.1, 0.15) is 10.7 Å². The van der Waals surface area contributed by atoms with Gasteiger partial charge in [-0.05, 0) is 49.0 Å².